The third kappa shape index (κ3) is 4.47. The van der Waals surface area contributed by atoms with Crippen molar-refractivity contribution in [1.29, 1.82) is 0 Å². The van der Waals surface area contributed by atoms with Gasteiger partial charge in [-0.3, -0.25) is 14.5 Å². The first-order valence-electron chi connectivity index (χ1n) is 10.8. The maximum Gasteiger partial charge on any atom is 0.416 e. The molecule has 2 aromatic rings. The lowest BCUT2D eigenvalue weighted by atomic mass is 10.1. The highest BCUT2D eigenvalue weighted by Crippen LogP contribution is 2.39. The smallest absolute Gasteiger partial charge is 0.416 e. The van der Waals surface area contributed by atoms with E-state index in [-0.39, 0.29) is 61.4 Å². The number of nitrogens with zero attached hydrogens (tertiary/aromatic N) is 4. The normalized spacial score (nSPS) is 18.8. The number of cyclic esters (lactones) is 1. The molecule has 3 aliphatic rings. The second-order valence-corrected chi connectivity index (χ2v) is 7.97. The van der Waals surface area contributed by atoms with Crippen molar-refractivity contribution < 1.29 is 33.0 Å². The van der Waals surface area contributed by atoms with Gasteiger partial charge < -0.3 is 35.1 Å². The molecule has 1 atom stereocenters. The molecule has 0 bridgehead atoms. The predicted octanol–water partition coefficient (Wildman–Crippen LogP) is 0.329. The predicted molar refractivity (Wildman–Crippen MR) is 120 cm³/mol. The van der Waals surface area contributed by atoms with Gasteiger partial charge >= 0.3 is 6.09 Å². The fourth-order valence-electron chi connectivity index (χ4n) is 3.86. The molecule has 1 fully saturated rings. The van der Waals surface area contributed by atoms with Gasteiger partial charge in [0.15, 0.2) is 29.8 Å². The van der Waals surface area contributed by atoms with Crippen molar-refractivity contribution in [2.75, 3.05) is 66.9 Å². The quantitative estimate of drug-likeness (QED) is 0.467. The highest BCUT2D eigenvalue weighted by molar-refractivity contribution is 6.04. The molecule has 0 aliphatic carbocycles. The number of hydrogen-bond acceptors (Lipinski definition) is 10. The molecule has 0 unspecified atom stereocenters. The van der Waals surface area contributed by atoms with E-state index >= 15 is 0 Å². The Morgan fingerprint density at radius 3 is 3.03 bits per heavy atom. The number of anilines is 4. The lowest BCUT2D eigenvalue weighted by Crippen LogP contribution is -2.37. The van der Waals surface area contributed by atoms with Crippen LogP contribution < -0.4 is 35.2 Å². The van der Waals surface area contributed by atoms with Crippen molar-refractivity contribution in [2.24, 2.45) is 0 Å². The summed E-state index contributed by atoms with van der Waals surface area (Å²) in [6.07, 6.45) is 0.302. The zero-order valence-corrected chi connectivity index (χ0v) is 18.7. The molecule has 5 rings (SSSR count). The van der Waals surface area contributed by atoms with Crippen LogP contribution in [0.5, 0.6) is 11.6 Å². The summed E-state index contributed by atoms with van der Waals surface area (Å²) in [6, 6.07) is 2.85. The van der Waals surface area contributed by atoms with Gasteiger partial charge in [-0.15, -0.1) is 0 Å². The van der Waals surface area contributed by atoms with Crippen molar-refractivity contribution in [3.63, 3.8) is 0 Å². The average Bonchev–Trinajstić information content (AvgIpc) is 3.22. The molecule has 0 spiro atoms. The van der Waals surface area contributed by atoms with Gasteiger partial charge in [-0.05, 0) is 12.1 Å². The fraction of sp³-hybridized carbons (Fsp3) is 0.381. The van der Waals surface area contributed by atoms with Crippen molar-refractivity contribution in [2.45, 2.75) is 6.10 Å². The number of nitrogens with one attached hydrogen (secondary N) is 3. The van der Waals surface area contributed by atoms with E-state index in [0.717, 1.165) is 0 Å². The zero-order chi connectivity index (χ0) is 24.5. The van der Waals surface area contributed by atoms with Crippen LogP contribution in [-0.2, 0) is 14.3 Å². The van der Waals surface area contributed by atoms with Gasteiger partial charge in [0.25, 0.3) is 11.8 Å². The Hall–Kier alpha value is -4.20. The zero-order valence-electron chi connectivity index (χ0n) is 18.7. The molecule has 4 heterocycles. The summed E-state index contributed by atoms with van der Waals surface area (Å²) < 4.78 is 30.6. The van der Waals surface area contributed by atoms with Crippen LogP contribution in [0, 0.1) is 5.82 Å². The number of aromatic nitrogens is 2. The molecule has 3 aliphatic heterocycles. The Labute approximate surface area is 198 Å². The summed E-state index contributed by atoms with van der Waals surface area (Å²) in [6.45, 7) is 0.982. The summed E-state index contributed by atoms with van der Waals surface area (Å²) in [5.41, 5.74) is 0.972. The molecule has 1 saturated heterocycles. The van der Waals surface area contributed by atoms with E-state index in [1.54, 1.807) is 13.1 Å². The second-order valence-electron chi connectivity index (χ2n) is 7.97. The van der Waals surface area contributed by atoms with Crippen LogP contribution >= 0.6 is 0 Å². The maximum atomic E-state index is 14.4. The fourth-order valence-corrected chi connectivity index (χ4v) is 3.86. The third-order valence-corrected chi connectivity index (χ3v) is 5.59. The van der Waals surface area contributed by atoms with E-state index in [0.29, 0.717) is 24.5 Å². The minimum absolute atomic E-state index is 0.00660. The number of halogens is 1. The van der Waals surface area contributed by atoms with Gasteiger partial charge in [-0.2, -0.15) is 0 Å². The first-order chi connectivity index (χ1) is 16.9. The molecule has 35 heavy (non-hydrogen) atoms. The SMILES string of the molecule is CN1C(=O)CNc2ccc(F)c(OCCNC[C@H]3CN(c4cnc5c(n4)NC(=O)CO5)C(=O)O3)c21. The number of fused-ring (bicyclic) bond motifs is 2. The number of benzene rings is 1. The van der Waals surface area contributed by atoms with Crippen LogP contribution in [0.25, 0.3) is 0 Å². The van der Waals surface area contributed by atoms with Gasteiger partial charge in [0.05, 0.1) is 25.0 Å². The molecule has 13 nitrogen and oxygen atoms in total. The Bertz CT molecular complexity index is 1190. The van der Waals surface area contributed by atoms with Gasteiger partial charge in [0, 0.05) is 20.1 Å². The molecule has 1 aromatic heterocycles. The summed E-state index contributed by atoms with van der Waals surface area (Å²) in [5.74, 6) is -0.584. The van der Waals surface area contributed by atoms with Crippen LogP contribution in [-0.4, -0.2) is 80.4 Å². The van der Waals surface area contributed by atoms with Crippen LogP contribution in [0.3, 0.4) is 0 Å². The average molecular weight is 487 g/mol. The molecule has 0 saturated carbocycles. The van der Waals surface area contributed by atoms with E-state index in [4.69, 9.17) is 14.2 Å². The Morgan fingerprint density at radius 2 is 2.17 bits per heavy atom. The van der Waals surface area contributed by atoms with Gasteiger partial charge in [0.2, 0.25) is 5.91 Å². The number of carbonyl (C=O) groups is 3. The van der Waals surface area contributed by atoms with E-state index in [1.165, 1.54) is 22.1 Å². The van der Waals surface area contributed by atoms with Gasteiger partial charge in [-0.25, -0.2) is 19.2 Å². The van der Waals surface area contributed by atoms with Crippen LogP contribution in [0.2, 0.25) is 0 Å². The molecule has 14 heteroatoms. The standard InChI is InChI=1S/C21H22FN7O6/c1-28-16(31)8-24-13-3-2-12(22)18(17(13)28)33-5-4-23-6-11-9-29(21(32)35-11)14-7-25-20-19(26-14)27-15(30)10-34-20/h2-3,7,11,23-24H,4-6,8-10H2,1H3,(H,26,27,30)/t11-/m0/s1. The number of likely N-dealkylation sites (N-methyl/N-ethyl adjacent to an activating group) is 1. The first-order valence-corrected chi connectivity index (χ1v) is 10.8. The minimum atomic E-state index is -0.594. The van der Waals surface area contributed by atoms with E-state index in [2.05, 4.69) is 25.9 Å². The lowest BCUT2D eigenvalue weighted by Gasteiger charge is -2.29. The Kier molecular flexibility index (Phi) is 5.94. The van der Waals surface area contributed by atoms with Crippen molar-refractivity contribution in [1.82, 2.24) is 15.3 Å². The molecule has 1 aromatic carbocycles. The Balaban J connectivity index is 1.13. The topological polar surface area (TPSA) is 147 Å². The highest BCUT2D eigenvalue weighted by atomic mass is 19.1. The van der Waals surface area contributed by atoms with Crippen LogP contribution in [0.15, 0.2) is 18.3 Å². The van der Waals surface area contributed by atoms with Crippen LogP contribution in [0.1, 0.15) is 0 Å². The van der Waals surface area contributed by atoms with Crippen LogP contribution in [0.4, 0.5) is 32.2 Å². The summed E-state index contributed by atoms with van der Waals surface area (Å²) in [4.78, 5) is 46.8. The number of ether oxygens (including phenoxy) is 3. The van der Waals surface area contributed by atoms with E-state index in [9.17, 15) is 18.8 Å². The summed E-state index contributed by atoms with van der Waals surface area (Å²) in [5, 5.41) is 8.60. The minimum Gasteiger partial charge on any atom is -0.487 e. The highest BCUT2D eigenvalue weighted by Gasteiger charge is 2.34. The molecule has 3 amide bonds. The molecular formula is C21H22FN7O6. The number of carbonyl (C=O) groups excluding carboxylic acids is 3. The second kappa shape index (κ2) is 9.21. The maximum absolute atomic E-state index is 14.4. The number of rotatable bonds is 7. The van der Waals surface area contributed by atoms with Crippen molar-refractivity contribution in [3.05, 3.63) is 24.1 Å². The monoisotopic (exact) mass is 487 g/mol. The molecular weight excluding hydrogens is 465 g/mol. The van der Waals surface area contributed by atoms with E-state index in [1.807, 2.05) is 0 Å². The van der Waals surface area contributed by atoms with Gasteiger partial charge in [-0.1, -0.05) is 0 Å². The largest absolute Gasteiger partial charge is 0.487 e. The summed E-state index contributed by atoms with van der Waals surface area (Å²) >= 11 is 0. The molecule has 184 valence electrons. The Morgan fingerprint density at radius 1 is 1.31 bits per heavy atom. The summed E-state index contributed by atoms with van der Waals surface area (Å²) in [7, 11) is 1.57. The first kappa shape index (κ1) is 22.6. The van der Waals surface area contributed by atoms with Crippen molar-refractivity contribution >= 4 is 40.9 Å². The lowest BCUT2D eigenvalue weighted by molar-refractivity contribution is -0.119. The number of hydrogen-bond donors (Lipinski definition) is 3. The van der Waals surface area contributed by atoms with Gasteiger partial charge in [0.1, 0.15) is 18.4 Å². The van der Waals surface area contributed by atoms with E-state index < -0.39 is 18.0 Å². The number of amides is 3. The third-order valence-electron chi connectivity index (χ3n) is 5.59. The molecule has 3 N–H and O–H groups in total. The molecule has 0 radical (unpaired) electrons. The van der Waals surface area contributed by atoms with Crippen molar-refractivity contribution in [3.8, 4) is 11.6 Å².